The van der Waals surface area contributed by atoms with E-state index >= 15 is 0 Å². The molecule has 24 heavy (non-hydrogen) atoms. The zero-order valence-electron chi connectivity index (χ0n) is 13.3. The summed E-state index contributed by atoms with van der Waals surface area (Å²) < 4.78 is 15.5. The number of carbonyl (C=O) groups is 1. The van der Waals surface area contributed by atoms with E-state index in [-0.39, 0.29) is 24.1 Å². The van der Waals surface area contributed by atoms with Gasteiger partial charge in [-0.1, -0.05) is 12.1 Å². The topological polar surface area (TPSA) is 87.9 Å². The van der Waals surface area contributed by atoms with Crippen LogP contribution in [0, 0.1) is 10.1 Å². The van der Waals surface area contributed by atoms with E-state index in [1.807, 2.05) is 13.8 Å². The van der Waals surface area contributed by atoms with Crippen LogP contribution in [0.2, 0.25) is 0 Å². The highest BCUT2D eigenvalue weighted by Gasteiger charge is 2.09. The van der Waals surface area contributed by atoms with Crippen molar-refractivity contribution in [2.24, 2.45) is 0 Å². The molecule has 0 aliphatic carbocycles. The van der Waals surface area contributed by atoms with Gasteiger partial charge in [0.2, 0.25) is 0 Å². The number of nitrogens with zero attached hydrogens (tertiary/aromatic N) is 1. The third-order valence-corrected chi connectivity index (χ3v) is 2.90. The van der Waals surface area contributed by atoms with Crippen LogP contribution in [0.25, 0.3) is 0 Å². The summed E-state index contributed by atoms with van der Waals surface area (Å²) in [6.07, 6.45) is -0.796. The summed E-state index contributed by atoms with van der Waals surface area (Å²) >= 11 is 0. The Morgan fingerprint density at radius 2 is 1.62 bits per heavy atom. The van der Waals surface area contributed by atoms with Crippen LogP contribution >= 0.6 is 0 Å². The molecule has 7 nitrogen and oxygen atoms in total. The Labute approximate surface area is 138 Å². The predicted octanol–water partition coefficient (Wildman–Crippen LogP) is 4.10. The standard InChI is InChI=1S/C17H17NO6/c1-12(2)23-15-7-3-13(4-8-15)11-22-17(19)24-16-9-5-14(6-10-16)18(20)21/h3-10,12H,11H2,1-2H3. The third kappa shape index (κ3) is 5.28. The maximum Gasteiger partial charge on any atom is 0.514 e. The van der Waals surface area contributed by atoms with Crippen LogP contribution in [-0.2, 0) is 11.3 Å². The van der Waals surface area contributed by atoms with E-state index in [1.54, 1.807) is 24.3 Å². The van der Waals surface area contributed by atoms with E-state index in [2.05, 4.69) is 0 Å². The first-order chi connectivity index (χ1) is 11.4. The largest absolute Gasteiger partial charge is 0.514 e. The molecule has 0 aliphatic heterocycles. The fourth-order valence-corrected chi connectivity index (χ4v) is 1.84. The number of nitro benzene ring substituents is 1. The molecule has 0 bridgehead atoms. The maximum absolute atomic E-state index is 11.6. The molecule has 0 amide bonds. The highest BCUT2D eigenvalue weighted by Crippen LogP contribution is 2.18. The summed E-state index contributed by atoms with van der Waals surface area (Å²) in [5, 5.41) is 10.5. The van der Waals surface area contributed by atoms with Gasteiger partial charge in [-0.3, -0.25) is 10.1 Å². The molecule has 0 spiro atoms. The van der Waals surface area contributed by atoms with Gasteiger partial charge in [0.1, 0.15) is 18.1 Å². The van der Waals surface area contributed by atoms with E-state index in [1.165, 1.54) is 24.3 Å². The number of carbonyl (C=O) groups excluding carboxylic acids is 1. The zero-order valence-corrected chi connectivity index (χ0v) is 13.3. The predicted molar refractivity (Wildman–Crippen MR) is 86.1 cm³/mol. The number of ether oxygens (including phenoxy) is 3. The SMILES string of the molecule is CC(C)Oc1ccc(COC(=O)Oc2ccc([N+](=O)[O-])cc2)cc1. The second kappa shape index (κ2) is 7.96. The summed E-state index contributed by atoms with van der Waals surface area (Å²) in [6.45, 7) is 3.92. The van der Waals surface area contributed by atoms with Gasteiger partial charge in [-0.25, -0.2) is 4.79 Å². The highest BCUT2D eigenvalue weighted by molar-refractivity contribution is 5.64. The van der Waals surface area contributed by atoms with Crippen molar-refractivity contribution in [3.05, 3.63) is 64.2 Å². The Balaban J connectivity index is 1.83. The first kappa shape index (κ1) is 17.3. The van der Waals surface area contributed by atoms with Gasteiger partial charge in [-0.2, -0.15) is 0 Å². The van der Waals surface area contributed by atoms with E-state index in [0.29, 0.717) is 0 Å². The van der Waals surface area contributed by atoms with E-state index in [9.17, 15) is 14.9 Å². The van der Waals surface area contributed by atoms with Gasteiger partial charge >= 0.3 is 6.16 Å². The van der Waals surface area contributed by atoms with Crippen molar-refractivity contribution in [1.82, 2.24) is 0 Å². The summed E-state index contributed by atoms with van der Waals surface area (Å²) in [7, 11) is 0. The smallest absolute Gasteiger partial charge is 0.491 e. The number of nitro groups is 1. The molecule has 0 saturated heterocycles. The van der Waals surface area contributed by atoms with Crippen LogP contribution < -0.4 is 9.47 Å². The minimum absolute atomic E-state index is 0.0494. The van der Waals surface area contributed by atoms with Crippen LogP contribution in [-0.4, -0.2) is 17.2 Å². The Bertz CT molecular complexity index is 694. The van der Waals surface area contributed by atoms with Crippen LogP contribution in [0.5, 0.6) is 11.5 Å². The molecule has 0 saturated carbocycles. The van der Waals surface area contributed by atoms with Gasteiger partial charge in [0.05, 0.1) is 11.0 Å². The molecule has 0 heterocycles. The maximum atomic E-state index is 11.6. The lowest BCUT2D eigenvalue weighted by Crippen LogP contribution is -2.10. The molecule has 0 aliphatic rings. The number of hydrogen-bond donors (Lipinski definition) is 0. The van der Waals surface area contributed by atoms with Crippen molar-refractivity contribution in [3.8, 4) is 11.5 Å². The molecule has 2 aromatic carbocycles. The number of hydrogen-bond acceptors (Lipinski definition) is 6. The average molecular weight is 331 g/mol. The van der Waals surface area contributed by atoms with Gasteiger partial charge in [0.15, 0.2) is 0 Å². The lowest BCUT2D eigenvalue weighted by atomic mass is 10.2. The molecule has 0 unspecified atom stereocenters. The molecule has 7 heteroatoms. The van der Waals surface area contributed by atoms with Crippen LogP contribution in [0.15, 0.2) is 48.5 Å². The van der Waals surface area contributed by atoms with Crippen molar-refractivity contribution < 1.29 is 23.9 Å². The van der Waals surface area contributed by atoms with Crippen LogP contribution in [0.3, 0.4) is 0 Å². The van der Waals surface area contributed by atoms with E-state index in [4.69, 9.17) is 14.2 Å². The van der Waals surface area contributed by atoms with Crippen LogP contribution in [0.1, 0.15) is 19.4 Å². The number of non-ortho nitro benzene ring substituents is 1. The number of rotatable bonds is 6. The summed E-state index contributed by atoms with van der Waals surface area (Å²) in [5.41, 5.74) is 0.700. The van der Waals surface area contributed by atoms with Gasteiger partial charge < -0.3 is 14.2 Å². The monoisotopic (exact) mass is 331 g/mol. The molecule has 0 fully saturated rings. The minimum atomic E-state index is -0.883. The van der Waals surface area contributed by atoms with Gasteiger partial charge in [-0.15, -0.1) is 0 Å². The Morgan fingerprint density at radius 1 is 1.04 bits per heavy atom. The van der Waals surface area contributed by atoms with Crippen molar-refractivity contribution >= 4 is 11.8 Å². The quantitative estimate of drug-likeness (QED) is 0.343. The fourth-order valence-electron chi connectivity index (χ4n) is 1.84. The number of benzene rings is 2. The first-order valence-electron chi connectivity index (χ1n) is 7.28. The van der Waals surface area contributed by atoms with Crippen molar-refractivity contribution in [2.75, 3.05) is 0 Å². The molecule has 126 valence electrons. The van der Waals surface area contributed by atoms with Crippen LogP contribution in [0.4, 0.5) is 10.5 Å². The molecule has 0 atom stereocenters. The second-order valence-corrected chi connectivity index (χ2v) is 5.20. The molecule has 0 N–H and O–H groups in total. The molecule has 2 rings (SSSR count). The first-order valence-corrected chi connectivity index (χ1v) is 7.28. The van der Waals surface area contributed by atoms with Gasteiger partial charge in [-0.05, 0) is 43.7 Å². The van der Waals surface area contributed by atoms with Crippen molar-refractivity contribution in [3.63, 3.8) is 0 Å². The molecule has 0 aromatic heterocycles. The van der Waals surface area contributed by atoms with E-state index < -0.39 is 11.1 Å². The average Bonchev–Trinajstić information content (AvgIpc) is 2.54. The fraction of sp³-hybridized carbons (Fsp3) is 0.235. The molecule has 2 aromatic rings. The Kier molecular flexibility index (Phi) is 5.73. The Hall–Kier alpha value is -3.09. The molecule has 0 radical (unpaired) electrons. The Morgan fingerprint density at radius 3 is 2.17 bits per heavy atom. The van der Waals surface area contributed by atoms with E-state index in [0.717, 1.165) is 11.3 Å². The second-order valence-electron chi connectivity index (χ2n) is 5.20. The minimum Gasteiger partial charge on any atom is -0.491 e. The lowest BCUT2D eigenvalue weighted by molar-refractivity contribution is -0.384. The van der Waals surface area contributed by atoms with Crippen molar-refractivity contribution in [1.29, 1.82) is 0 Å². The zero-order chi connectivity index (χ0) is 17.5. The summed E-state index contributed by atoms with van der Waals surface area (Å²) in [5.74, 6) is 0.911. The highest BCUT2D eigenvalue weighted by atomic mass is 16.7. The normalized spacial score (nSPS) is 10.3. The summed E-state index contributed by atoms with van der Waals surface area (Å²) in [6, 6.07) is 12.3. The third-order valence-electron chi connectivity index (χ3n) is 2.90. The lowest BCUT2D eigenvalue weighted by Gasteiger charge is -2.10. The summed E-state index contributed by atoms with van der Waals surface area (Å²) in [4.78, 5) is 21.6. The molecular formula is C17H17NO6. The van der Waals surface area contributed by atoms with Gasteiger partial charge in [0, 0.05) is 12.1 Å². The van der Waals surface area contributed by atoms with Gasteiger partial charge in [0.25, 0.3) is 5.69 Å². The van der Waals surface area contributed by atoms with Crippen molar-refractivity contribution in [2.45, 2.75) is 26.6 Å². The molecular weight excluding hydrogens is 314 g/mol.